The Balaban J connectivity index is 0.00000256. The van der Waals surface area contributed by atoms with Crippen molar-refractivity contribution in [3.05, 3.63) is 18.5 Å². The molecule has 0 bridgehead atoms. The first kappa shape index (κ1) is 26.2. The molecule has 15 heteroatoms. The summed E-state index contributed by atoms with van der Waals surface area (Å²) in [4.78, 5) is 29.0. The van der Waals surface area contributed by atoms with Crippen LogP contribution in [-0.4, -0.2) is 54.9 Å². The second kappa shape index (κ2) is 10.7. The molecule has 31 heavy (non-hydrogen) atoms. The van der Waals surface area contributed by atoms with Gasteiger partial charge in [0.25, 0.3) is 10.2 Å². The van der Waals surface area contributed by atoms with Gasteiger partial charge in [-0.15, -0.1) is 0 Å². The summed E-state index contributed by atoms with van der Waals surface area (Å²) in [7, 11) is -7.09. The summed E-state index contributed by atoms with van der Waals surface area (Å²) in [5, 5.41) is 5.52. The summed E-state index contributed by atoms with van der Waals surface area (Å²) >= 11 is 0. The van der Waals surface area contributed by atoms with E-state index in [4.69, 9.17) is 14.4 Å². The van der Waals surface area contributed by atoms with Gasteiger partial charge < -0.3 is 15.6 Å². The summed E-state index contributed by atoms with van der Waals surface area (Å²) in [6.45, 7) is 1.67. The first-order valence-corrected chi connectivity index (χ1v) is 12.2. The van der Waals surface area contributed by atoms with Crippen molar-refractivity contribution in [3.8, 4) is 11.5 Å². The maximum Gasteiger partial charge on any atom is 1.00 e. The van der Waals surface area contributed by atoms with Crippen LogP contribution in [0.15, 0.2) is 18.5 Å². The van der Waals surface area contributed by atoms with Crippen LogP contribution in [0.25, 0.3) is 10.9 Å². The normalized spacial score (nSPS) is 15.5. The molecular formula is C16H25N5NaO7PS. The number of nitrogens with zero attached hydrogens (tertiary/aromatic N) is 3. The van der Waals surface area contributed by atoms with Crippen molar-refractivity contribution in [2.45, 2.75) is 19.3 Å². The molecule has 0 radical (unpaired) electrons. The second-order valence-electron chi connectivity index (χ2n) is 6.96. The molecule has 1 aliphatic rings. The topological polar surface area (TPSA) is 177 Å². The molecule has 0 atom stereocenters. The summed E-state index contributed by atoms with van der Waals surface area (Å²) in [6.07, 6.45) is 3.77. The zero-order valence-electron chi connectivity index (χ0n) is 18.3. The van der Waals surface area contributed by atoms with Gasteiger partial charge in [-0.3, -0.25) is 9.79 Å². The van der Waals surface area contributed by atoms with Crippen molar-refractivity contribution in [2.75, 3.05) is 31.6 Å². The van der Waals surface area contributed by atoms with E-state index in [2.05, 4.69) is 19.6 Å². The van der Waals surface area contributed by atoms with Gasteiger partial charge in [0.15, 0.2) is 11.5 Å². The predicted molar refractivity (Wildman–Crippen MR) is 111 cm³/mol. The number of hydrogen-bond acceptors (Lipinski definition) is 8. The van der Waals surface area contributed by atoms with Crippen molar-refractivity contribution >= 4 is 34.8 Å². The number of aromatic nitrogens is 2. The Kier molecular flexibility index (Phi) is 9.08. The average Bonchev–Trinajstić information content (AvgIpc) is 2.65. The first-order valence-electron chi connectivity index (χ1n) is 9.16. The monoisotopic (exact) mass is 485 g/mol. The fourth-order valence-corrected chi connectivity index (χ4v) is 4.30. The molecule has 1 aliphatic heterocycles. The minimum atomic E-state index is -4.78. The second-order valence-corrected chi connectivity index (χ2v) is 9.50. The van der Waals surface area contributed by atoms with E-state index in [9.17, 15) is 22.8 Å². The molecule has 1 aromatic heterocycles. The number of nitrogens with one attached hydrogen (secondary N) is 1. The van der Waals surface area contributed by atoms with E-state index >= 15 is 0 Å². The maximum absolute atomic E-state index is 11.3. The smallest absolute Gasteiger partial charge is 1.00 e. The number of rotatable bonds is 8. The van der Waals surface area contributed by atoms with E-state index in [-0.39, 0.29) is 42.5 Å². The van der Waals surface area contributed by atoms with E-state index in [0.717, 1.165) is 12.8 Å². The third-order valence-corrected chi connectivity index (χ3v) is 5.93. The van der Waals surface area contributed by atoms with Gasteiger partial charge in [-0.25, -0.2) is 24.4 Å². The SMILES string of the molecule is COc1cc2ncnc(N3CCC(CCNS(N)(=O)=O)CC3)c2cc1OP(=O)(O)O.[H-].[Na+]. The molecule has 1 saturated heterocycles. The number of phosphoric ester groups is 1. The summed E-state index contributed by atoms with van der Waals surface area (Å²) in [5.41, 5.74) is 0.550. The largest absolute Gasteiger partial charge is 1.00 e. The Morgan fingerprint density at radius 2 is 1.97 bits per heavy atom. The van der Waals surface area contributed by atoms with E-state index in [1.807, 2.05) is 0 Å². The molecule has 2 aromatic rings. The van der Waals surface area contributed by atoms with Crippen molar-refractivity contribution in [1.82, 2.24) is 14.7 Å². The number of methoxy groups -OCH3 is 1. The van der Waals surface area contributed by atoms with Crippen LogP contribution < -0.4 is 53.6 Å². The third-order valence-electron chi connectivity index (χ3n) is 4.89. The number of piperidine rings is 1. The molecular weight excluding hydrogens is 460 g/mol. The van der Waals surface area contributed by atoms with Gasteiger partial charge in [0, 0.05) is 31.1 Å². The van der Waals surface area contributed by atoms with E-state index in [1.165, 1.54) is 25.6 Å². The van der Waals surface area contributed by atoms with Crippen LogP contribution >= 0.6 is 7.82 Å². The molecule has 2 heterocycles. The fraction of sp³-hybridized carbons (Fsp3) is 0.500. The Hall–Kier alpha value is -1.02. The molecule has 168 valence electrons. The fourth-order valence-electron chi connectivity index (χ4n) is 3.50. The van der Waals surface area contributed by atoms with Crippen LogP contribution in [0.3, 0.4) is 0 Å². The third kappa shape index (κ3) is 7.52. The molecule has 1 aromatic carbocycles. The quantitative estimate of drug-likeness (QED) is 0.233. The number of benzene rings is 1. The average molecular weight is 485 g/mol. The van der Waals surface area contributed by atoms with Crippen LogP contribution in [0, 0.1) is 5.92 Å². The van der Waals surface area contributed by atoms with Crippen LogP contribution in [-0.2, 0) is 14.8 Å². The van der Waals surface area contributed by atoms with Gasteiger partial charge >= 0.3 is 37.4 Å². The van der Waals surface area contributed by atoms with Crippen molar-refractivity contribution in [2.24, 2.45) is 11.1 Å². The zero-order chi connectivity index (χ0) is 21.9. The molecule has 0 spiro atoms. The van der Waals surface area contributed by atoms with Gasteiger partial charge in [-0.1, -0.05) is 0 Å². The number of hydrogen-bond donors (Lipinski definition) is 4. The number of anilines is 1. The molecule has 1 fully saturated rings. The molecule has 0 aliphatic carbocycles. The zero-order valence-corrected chi connectivity index (χ0v) is 21.0. The van der Waals surface area contributed by atoms with Crippen LogP contribution in [0.5, 0.6) is 11.5 Å². The van der Waals surface area contributed by atoms with E-state index < -0.39 is 18.0 Å². The molecule has 5 N–H and O–H groups in total. The molecule has 0 saturated carbocycles. The summed E-state index contributed by atoms with van der Waals surface area (Å²) in [6, 6.07) is 3.00. The van der Waals surface area contributed by atoms with Gasteiger partial charge in [0.05, 0.1) is 12.6 Å². The van der Waals surface area contributed by atoms with Gasteiger partial charge in [0.2, 0.25) is 0 Å². The van der Waals surface area contributed by atoms with Gasteiger partial charge in [-0.05, 0) is 31.2 Å². The minimum absolute atomic E-state index is 0. The molecule has 0 unspecified atom stereocenters. The van der Waals surface area contributed by atoms with Crippen LogP contribution in [0.1, 0.15) is 20.7 Å². The van der Waals surface area contributed by atoms with Crippen LogP contribution in [0.2, 0.25) is 0 Å². The van der Waals surface area contributed by atoms with Crippen molar-refractivity contribution in [3.63, 3.8) is 0 Å². The van der Waals surface area contributed by atoms with Crippen LogP contribution in [0.4, 0.5) is 5.82 Å². The van der Waals surface area contributed by atoms with Gasteiger partial charge in [-0.2, -0.15) is 8.42 Å². The number of phosphoric acid groups is 1. The predicted octanol–water partition coefficient (Wildman–Crippen LogP) is -2.37. The number of fused-ring (bicyclic) bond motifs is 1. The Morgan fingerprint density at radius 1 is 1.29 bits per heavy atom. The van der Waals surface area contributed by atoms with Crippen molar-refractivity contribution in [1.29, 1.82) is 0 Å². The summed E-state index contributed by atoms with van der Waals surface area (Å²) < 4.78 is 45.5. The van der Waals surface area contributed by atoms with Gasteiger partial charge in [0.1, 0.15) is 12.1 Å². The minimum Gasteiger partial charge on any atom is -1.00 e. The number of nitrogens with two attached hydrogens (primary N) is 1. The molecule has 3 rings (SSSR count). The Bertz CT molecular complexity index is 1070. The Morgan fingerprint density at radius 3 is 2.55 bits per heavy atom. The first-order chi connectivity index (χ1) is 14.1. The van der Waals surface area contributed by atoms with E-state index in [1.54, 1.807) is 0 Å². The standard InChI is InChI=1S/C16H24N5O7PS.Na.H/c1-27-14-9-13-12(8-15(14)28-29(22,23)24)16(19-10-18-13)21-6-3-11(4-7-21)2-5-20-30(17,25)26;;/h8-11,20H,2-7H2,1H3,(H2,17,25,26)(H2,22,23,24);;/q;+1;-1. The summed E-state index contributed by atoms with van der Waals surface area (Å²) in [5.74, 6) is 1.02. The van der Waals surface area contributed by atoms with E-state index in [0.29, 0.717) is 48.7 Å². The maximum atomic E-state index is 11.3. The van der Waals surface area contributed by atoms with Crippen molar-refractivity contribution < 1.29 is 63.0 Å². The molecule has 12 nitrogen and oxygen atoms in total. The Labute approximate surface area is 203 Å². The molecule has 0 amide bonds. The number of ether oxygens (including phenoxy) is 1.